The highest BCUT2D eigenvalue weighted by atomic mass is 14.9. The van der Waals surface area contributed by atoms with Gasteiger partial charge in [-0.1, -0.05) is 36.4 Å². The Bertz CT molecular complexity index is 429. The van der Waals surface area contributed by atoms with Crippen molar-refractivity contribution >= 4 is 5.69 Å². The van der Waals surface area contributed by atoms with E-state index in [9.17, 15) is 0 Å². The summed E-state index contributed by atoms with van der Waals surface area (Å²) >= 11 is 0. The van der Waals surface area contributed by atoms with Crippen molar-refractivity contribution in [1.82, 2.24) is 0 Å². The molecule has 1 aromatic carbocycles. The lowest BCUT2D eigenvalue weighted by Crippen LogP contribution is -2.22. The second-order valence-electron chi connectivity index (χ2n) is 4.10. The van der Waals surface area contributed by atoms with E-state index in [-0.39, 0.29) is 0 Å². The topological polar surface area (TPSA) is 12.0 Å². The first-order valence-electron chi connectivity index (χ1n) is 5.48. The lowest BCUT2D eigenvalue weighted by atomic mass is 9.95. The molecule has 1 aliphatic heterocycles. The fourth-order valence-corrected chi connectivity index (χ4v) is 2.29. The highest BCUT2D eigenvalue weighted by Crippen LogP contribution is 2.29. The van der Waals surface area contributed by atoms with Crippen LogP contribution in [-0.2, 0) is 6.42 Å². The van der Waals surface area contributed by atoms with Gasteiger partial charge in [0.05, 0.1) is 6.04 Å². The van der Waals surface area contributed by atoms with Crippen LogP contribution in [0.3, 0.4) is 0 Å². The Hall–Kier alpha value is -1.50. The van der Waals surface area contributed by atoms with Gasteiger partial charge >= 0.3 is 0 Å². The van der Waals surface area contributed by atoms with Gasteiger partial charge in [-0.15, -0.1) is 0 Å². The Kier molecular flexibility index (Phi) is 2.09. The van der Waals surface area contributed by atoms with Crippen molar-refractivity contribution in [3.05, 3.63) is 60.1 Å². The molecule has 1 aromatic rings. The van der Waals surface area contributed by atoms with Gasteiger partial charge in [-0.25, -0.2) is 0 Å². The average molecular weight is 196 g/mol. The molecule has 1 nitrogen and oxygen atoms in total. The van der Waals surface area contributed by atoms with Crippen LogP contribution in [-0.4, -0.2) is 6.04 Å². The van der Waals surface area contributed by atoms with Gasteiger partial charge < -0.3 is 5.32 Å². The van der Waals surface area contributed by atoms with E-state index in [1.165, 1.54) is 16.8 Å². The Morgan fingerprint density at radius 1 is 1.07 bits per heavy atom. The molecule has 0 aromatic heterocycles. The van der Waals surface area contributed by atoms with Crippen LogP contribution in [0.1, 0.15) is 12.0 Å². The van der Waals surface area contributed by atoms with Gasteiger partial charge in [0.25, 0.3) is 0 Å². The molecule has 1 radical (unpaired) electrons. The van der Waals surface area contributed by atoms with Gasteiger partial charge in [0.15, 0.2) is 0 Å². The number of para-hydroxylation sites is 1. The Morgan fingerprint density at radius 2 is 2.00 bits per heavy atom. The quantitative estimate of drug-likeness (QED) is 0.672. The van der Waals surface area contributed by atoms with E-state index >= 15 is 0 Å². The molecular weight excluding hydrogens is 182 g/mol. The maximum Gasteiger partial charge on any atom is 0.0546 e. The Morgan fingerprint density at radius 3 is 3.00 bits per heavy atom. The first-order valence-corrected chi connectivity index (χ1v) is 5.48. The predicted octanol–water partition coefficient (Wildman–Crippen LogP) is 3.11. The summed E-state index contributed by atoms with van der Waals surface area (Å²) in [5.41, 5.74) is 4.22. The maximum absolute atomic E-state index is 3.59. The van der Waals surface area contributed by atoms with Crippen molar-refractivity contribution in [2.75, 3.05) is 5.32 Å². The third-order valence-corrected chi connectivity index (χ3v) is 3.14. The minimum absolute atomic E-state index is 0.402. The molecule has 75 valence electrons. The number of fused-ring (bicyclic) bond motifs is 2. The van der Waals surface area contributed by atoms with Crippen molar-refractivity contribution in [3.8, 4) is 0 Å². The number of nitrogens with one attached hydrogen (secondary N) is 1. The smallest absolute Gasteiger partial charge is 0.0546 e. The maximum atomic E-state index is 3.59. The van der Waals surface area contributed by atoms with E-state index in [0.29, 0.717) is 6.04 Å². The summed E-state index contributed by atoms with van der Waals surface area (Å²) in [5, 5.41) is 3.59. The molecule has 1 heteroatoms. The molecule has 1 aliphatic carbocycles. The third-order valence-electron chi connectivity index (χ3n) is 3.14. The van der Waals surface area contributed by atoms with Crippen LogP contribution in [0.15, 0.2) is 48.1 Å². The van der Waals surface area contributed by atoms with Crippen molar-refractivity contribution in [1.29, 1.82) is 0 Å². The van der Waals surface area contributed by atoms with Crippen LogP contribution in [0.5, 0.6) is 0 Å². The Balaban J connectivity index is 1.97. The zero-order valence-electron chi connectivity index (χ0n) is 8.61. The van der Waals surface area contributed by atoms with Crippen LogP contribution < -0.4 is 5.32 Å². The first kappa shape index (κ1) is 8.78. The first-order chi connectivity index (χ1) is 7.43. The SMILES string of the molecule is [CH]1C=CC=C2CCc3ccccc3NC12. The van der Waals surface area contributed by atoms with E-state index in [1.807, 2.05) is 0 Å². The Labute approximate surface area is 90.5 Å². The van der Waals surface area contributed by atoms with Crippen LogP contribution in [0.25, 0.3) is 0 Å². The zero-order valence-corrected chi connectivity index (χ0v) is 8.61. The van der Waals surface area contributed by atoms with Gasteiger partial charge in [0.2, 0.25) is 0 Å². The number of hydrogen-bond donors (Lipinski definition) is 1. The van der Waals surface area contributed by atoms with E-state index in [2.05, 4.69) is 54.2 Å². The van der Waals surface area contributed by atoms with Crippen molar-refractivity contribution in [3.63, 3.8) is 0 Å². The zero-order chi connectivity index (χ0) is 10.1. The lowest BCUT2D eigenvalue weighted by Gasteiger charge is -2.21. The summed E-state index contributed by atoms with van der Waals surface area (Å²) in [6, 6.07) is 9.00. The largest absolute Gasteiger partial charge is 0.378 e. The number of rotatable bonds is 0. The van der Waals surface area contributed by atoms with E-state index in [0.717, 1.165) is 12.8 Å². The second kappa shape index (κ2) is 3.58. The van der Waals surface area contributed by atoms with Crippen LogP contribution in [0.2, 0.25) is 0 Å². The summed E-state index contributed by atoms with van der Waals surface area (Å²) in [5.74, 6) is 0. The molecule has 1 unspecified atom stereocenters. The molecule has 0 spiro atoms. The molecule has 0 saturated carbocycles. The summed E-state index contributed by atoms with van der Waals surface area (Å²) in [6.45, 7) is 0. The number of allylic oxidation sites excluding steroid dienone is 2. The second-order valence-corrected chi connectivity index (χ2v) is 4.10. The van der Waals surface area contributed by atoms with Crippen molar-refractivity contribution in [2.45, 2.75) is 18.9 Å². The third kappa shape index (κ3) is 1.58. The number of anilines is 1. The van der Waals surface area contributed by atoms with Crippen molar-refractivity contribution < 1.29 is 0 Å². The normalized spacial score (nSPS) is 23.2. The van der Waals surface area contributed by atoms with Gasteiger partial charge in [-0.3, -0.25) is 0 Å². The highest BCUT2D eigenvalue weighted by Gasteiger charge is 2.19. The fraction of sp³-hybridized carbons (Fsp3) is 0.214. The molecule has 0 saturated heterocycles. The van der Waals surface area contributed by atoms with Gasteiger partial charge in [0, 0.05) is 12.1 Å². The predicted molar refractivity (Wildman–Crippen MR) is 63.7 cm³/mol. The monoisotopic (exact) mass is 196 g/mol. The molecule has 0 amide bonds. The molecule has 15 heavy (non-hydrogen) atoms. The molecule has 0 bridgehead atoms. The fourth-order valence-electron chi connectivity index (χ4n) is 2.29. The van der Waals surface area contributed by atoms with Gasteiger partial charge in [-0.05, 0) is 30.0 Å². The van der Waals surface area contributed by atoms with Crippen LogP contribution in [0.4, 0.5) is 5.69 Å². The molecule has 1 N–H and O–H groups in total. The summed E-state index contributed by atoms with van der Waals surface area (Å²) < 4.78 is 0. The van der Waals surface area contributed by atoms with E-state index < -0.39 is 0 Å². The number of hydrogen-bond acceptors (Lipinski definition) is 1. The average Bonchev–Trinajstić information content (AvgIpc) is 2.48. The number of aryl methyl sites for hydroxylation is 1. The summed E-state index contributed by atoms with van der Waals surface area (Å²) in [4.78, 5) is 0. The van der Waals surface area contributed by atoms with E-state index in [4.69, 9.17) is 0 Å². The minimum atomic E-state index is 0.402. The molecule has 0 fully saturated rings. The molecular formula is C14H14N. The van der Waals surface area contributed by atoms with Crippen LogP contribution in [0, 0.1) is 6.42 Å². The standard InChI is InChI=1S/C14H14N/c1-3-7-13-11(5-1)9-10-12-6-2-4-8-14(12)15-13/h1-8,13,15H,9-10H2. The summed E-state index contributed by atoms with van der Waals surface area (Å²) in [6.07, 6.45) is 11.0. The molecule has 2 aliphatic rings. The molecule has 1 atom stereocenters. The van der Waals surface area contributed by atoms with E-state index in [1.54, 1.807) is 0 Å². The number of benzene rings is 1. The minimum Gasteiger partial charge on any atom is -0.378 e. The van der Waals surface area contributed by atoms with Crippen molar-refractivity contribution in [2.24, 2.45) is 0 Å². The van der Waals surface area contributed by atoms with Crippen LogP contribution >= 0.6 is 0 Å². The highest BCUT2D eigenvalue weighted by molar-refractivity contribution is 5.57. The lowest BCUT2D eigenvalue weighted by molar-refractivity contribution is 0.865. The molecule has 3 rings (SSSR count). The summed E-state index contributed by atoms with van der Waals surface area (Å²) in [7, 11) is 0. The molecule has 1 heterocycles. The van der Waals surface area contributed by atoms with Gasteiger partial charge in [-0.2, -0.15) is 0 Å². The van der Waals surface area contributed by atoms with Gasteiger partial charge in [0.1, 0.15) is 0 Å².